The van der Waals surface area contributed by atoms with Crippen LogP contribution >= 0.6 is 0 Å². The summed E-state index contributed by atoms with van der Waals surface area (Å²) in [5.41, 5.74) is 0.689. The number of methoxy groups -OCH3 is 1. The fourth-order valence-electron chi connectivity index (χ4n) is 2.00. The van der Waals surface area contributed by atoms with Crippen molar-refractivity contribution in [2.75, 3.05) is 20.7 Å². The topological polar surface area (TPSA) is 88.7 Å². The van der Waals surface area contributed by atoms with Gasteiger partial charge >= 0.3 is 0 Å². The third-order valence-corrected chi connectivity index (χ3v) is 3.23. The lowest BCUT2D eigenvalue weighted by Gasteiger charge is -2.21. The number of aliphatic hydroxyl groups is 1. The number of hydrogen-bond acceptors (Lipinski definition) is 6. The van der Waals surface area contributed by atoms with Gasteiger partial charge in [-0.2, -0.15) is 4.98 Å². The summed E-state index contributed by atoms with van der Waals surface area (Å²) in [5.74, 6) is 1.22. The molecule has 0 aliphatic rings. The maximum atomic E-state index is 12.1. The normalized spacial score (nSPS) is 12.0. The summed E-state index contributed by atoms with van der Waals surface area (Å²) in [6.07, 6.45) is -0.755. The summed E-state index contributed by atoms with van der Waals surface area (Å²) in [4.78, 5) is 17.5. The lowest BCUT2D eigenvalue weighted by atomic mass is 10.1. The molecule has 0 saturated heterocycles. The number of aromatic nitrogens is 2. The largest absolute Gasteiger partial charge is 0.497 e. The summed E-state index contributed by atoms with van der Waals surface area (Å²) in [6, 6.07) is 7.12. The zero-order chi connectivity index (χ0) is 16.1. The Labute approximate surface area is 128 Å². The van der Waals surface area contributed by atoms with Crippen LogP contribution in [0, 0.1) is 6.92 Å². The molecule has 0 fully saturated rings. The molecular weight excluding hydrogens is 286 g/mol. The van der Waals surface area contributed by atoms with Crippen LogP contribution in [-0.2, 0) is 11.2 Å². The second-order valence-corrected chi connectivity index (χ2v) is 4.97. The van der Waals surface area contributed by atoms with E-state index in [2.05, 4.69) is 10.1 Å². The molecule has 1 aromatic carbocycles. The summed E-state index contributed by atoms with van der Waals surface area (Å²) in [6.45, 7) is 1.83. The highest BCUT2D eigenvalue weighted by molar-refractivity contribution is 5.77. The number of rotatable bonds is 6. The molecule has 1 unspecified atom stereocenters. The van der Waals surface area contributed by atoms with Gasteiger partial charge in [-0.1, -0.05) is 17.3 Å². The number of benzene rings is 1. The third-order valence-electron chi connectivity index (χ3n) is 3.23. The Morgan fingerprint density at radius 2 is 2.27 bits per heavy atom. The molecule has 0 saturated carbocycles. The molecule has 7 nitrogen and oxygen atoms in total. The maximum absolute atomic E-state index is 12.1. The SMILES string of the molecule is COc1cccc(C(O)CN(C)C(=O)Cc2noc(C)n2)c1. The van der Waals surface area contributed by atoms with E-state index in [4.69, 9.17) is 9.26 Å². The lowest BCUT2D eigenvalue weighted by molar-refractivity contribution is -0.130. The Morgan fingerprint density at radius 1 is 1.50 bits per heavy atom. The predicted molar refractivity (Wildman–Crippen MR) is 78.3 cm³/mol. The standard InChI is InChI=1S/C15H19N3O4/c1-10-16-14(17-22-10)8-15(20)18(2)9-13(19)11-5-4-6-12(7-11)21-3/h4-7,13,19H,8-9H2,1-3H3. The van der Waals surface area contributed by atoms with Crippen molar-refractivity contribution in [1.82, 2.24) is 15.0 Å². The van der Waals surface area contributed by atoms with Crippen molar-refractivity contribution in [3.8, 4) is 5.75 Å². The lowest BCUT2D eigenvalue weighted by Crippen LogP contribution is -2.32. The number of carbonyl (C=O) groups excluding carboxylic acids is 1. The van der Waals surface area contributed by atoms with Gasteiger partial charge in [-0.3, -0.25) is 4.79 Å². The maximum Gasteiger partial charge on any atom is 0.230 e. The molecule has 118 valence electrons. The van der Waals surface area contributed by atoms with Gasteiger partial charge in [0, 0.05) is 14.0 Å². The minimum absolute atomic E-state index is 0.0403. The van der Waals surface area contributed by atoms with Crippen LogP contribution in [-0.4, -0.2) is 46.8 Å². The second kappa shape index (κ2) is 7.04. The average Bonchev–Trinajstić information content (AvgIpc) is 2.92. The Kier molecular flexibility index (Phi) is 5.11. The molecule has 1 amide bonds. The molecule has 0 bridgehead atoms. The van der Waals surface area contributed by atoms with E-state index in [0.717, 1.165) is 0 Å². The molecule has 0 spiro atoms. The molecule has 1 N–H and O–H groups in total. The summed E-state index contributed by atoms with van der Waals surface area (Å²) < 4.78 is 9.95. The highest BCUT2D eigenvalue weighted by Gasteiger charge is 2.18. The molecule has 0 aliphatic carbocycles. The van der Waals surface area contributed by atoms with Crippen LogP contribution in [0.15, 0.2) is 28.8 Å². The van der Waals surface area contributed by atoms with Crippen LogP contribution in [0.4, 0.5) is 0 Å². The van der Waals surface area contributed by atoms with Crippen molar-refractivity contribution in [3.63, 3.8) is 0 Å². The molecule has 0 aliphatic heterocycles. The van der Waals surface area contributed by atoms with Crippen LogP contribution in [0.5, 0.6) is 5.75 Å². The highest BCUT2D eigenvalue weighted by atomic mass is 16.5. The first-order valence-corrected chi connectivity index (χ1v) is 6.84. The van der Waals surface area contributed by atoms with E-state index in [1.165, 1.54) is 4.90 Å². The number of nitrogens with zero attached hydrogens (tertiary/aromatic N) is 3. The van der Waals surface area contributed by atoms with Crippen molar-refractivity contribution in [1.29, 1.82) is 0 Å². The molecule has 1 aromatic heterocycles. The van der Waals surface area contributed by atoms with Crippen LogP contribution < -0.4 is 4.74 Å². The fraction of sp³-hybridized carbons (Fsp3) is 0.400. The highest BCUT2D eigenvalue weighted by Crippen LogP contribution is 2.19. The van der Waals surface area contributed by atoms with Crippen LogP contribution in [0.1, 0.15) is 23.4 Å². The zero-order valence-electron chi connectivity index (χ0n) is 12.8. The van der Waals surface area contributed by atoms with Gasteiger partial charge in [0.1, 0.15) is 5.75 Å². The number of hydrogen-bond donors (Lipinski definition) is 1. The van der Waals surface area contributed by atoms with E-state index in [-0.39, 0.29) is 18.9 Å². The van der Waals surface area contributed by atoms with Gasteiger partial charge in [0.25, 0.3) is 0 Å². The molecule has 2 aromatic rings. The fourth-order valence-corrected chi connectivity index (χ4v) is 2.00. The predicted octanol–water partition coefficient (Wildman–Crippen LogP) is 1.12. The third kappa shape index (κ3) is 4.05. The Balaban J connectivity index is 1.94. The molecule has 7 heteroatoms. The van der Waals surface area contributed by atoms with Crippen molar-refractivity contribution < 1.29 is 19.2 Å². The van der Waals surface area contributed by atoms with Crippen LogP contribution in [0.2, 0.25) is 0 Å². The van der Waals surface area contributed by atoms with Gasteiger partial charge in [-0.05, 0) is 17.7 Å². The average molecular weight is 305 g/mol. The molecule has 0 radical (unpaired) electrons. The Hall–Kier alpha value is -2.41. The number of amides is 1. The van der Waals surface area contributed by atoms with E-state index in [1.54, 1.807) is 45.3 Å². The number of likely N-dealkylation sites (N-methyl/N-ethyl adjacent to an activating group) is 1. The van der Waals surface area contributed by atoms with Gasteiger partial charge in [-0.25, -0.2) is 0 Å². The summed E-state index contributed by atoms with van der Waals surface area (Å²) in [5, 5.41) is 13.9. The Morgan fingerprint density at radius 3 is 2.91 bits per heavy atom. The number of aryl methyl sites for hydroxylation is 1. The molecule has 2 rings (SSSR count). The van der Waals surface area contributed by atoms with E-state index in [0.29, 0.717) is 23.0 Å². The first-order valence-electron chi connectivity index (χ1n) is 6.84. The molecule has 1 atom stereocenters. The molecule has 1 heterocycles. The first-order chi connectivity index (χ1) is 10.5. The molecular formula is C15H19N3O4. The van der Waals surface area contributed by atoms with E-state index in [9.17, 15) is 9.90 Å². The van der Waals surface area contributed by atoms with Crippen molar-refractivity contribution in [3.05, 3.63) is 41.5 Å². The quantitative estimate of drug-likeness (QED) is 0.860. The zero-order valence-corrected chi connectivity index (χ0v) is 12.8. The Bertz CT molecular complexity index is 641. The second-order valence-electron chi connectivity index (χ2n) is 4.97. The summed E-state index contributed by atoms with van der Waals surface area (Å²) >= 11 is 0. The van der Waals surface area contributed by atoms with E-state index < -0.39 is 6.10 Å². The van der Waals surface area contributed by atoms with Gasteiger partial charge < -0.3 is 19.3 Å². The van der Waals surface area contributed by atoms with Gasteiger partial charge in [-0.15, -0.1) is 0 Å². The van der Waals surface area contributed by atoms with Gasteiger partial charge in [0.2, 0.25) is 11.8 Å². The van der Waals surface area contributed by atoms with Crippen LogP contribution in [0.25, 0.3) is 0 Å². The smallest absolute Gasteiger partial charge is 0.230 e. The summed E-state index contributed by atoms with van der Waals surface area (Å²) in [7, 11) is 3.19. The minimum atomic E-state index is -0.795. The van der Waals surface area contributed by atoms with Gasteiger partial charge in [0.15, 0.2) is 5.82 Å². The van der Waals surface area contributed by atoms with Crippen LogP contribution in [0.3, 0.4) is 0 Å². The number of carbonyl (C=O) groups is 1. The molecule has 22 heavy (non-hydrogen) atoms. The number of ether oxygens (including phenoxy) is 1. The monoisotopic (exact) mass is 305 g/mol. The minimum Gasteiger partial charge on any atom is -0.497 e. The first kappa shape index (κ1) is 16.0. The van der Waals surface area contributed by atoms with E-state index >= 15 is 0 Å². The van der Waals surface area contributed by atoms with Crippen molar-refractivity contribution in [2.45, 2.75) is 19.4 Å². The van der Waals surface area contributed by atoms with Crippen molar-refractivity contribution >= 4 is 5.91 Å². The van der Waals surface area contributed by atoms with Crippen molar-refractivity contribution in [2.24, 2.45) is 0 Å². The van der Waals surface area contributed by atoms with Gasteiger partial charge in [0.05, 0.1) is 26.2 Å². The number of aliphatic hydroxyl groups excluding tert-OH is 1. The van der Waals surface area contributed by atoms with E-state index in [1.807, 2.05) is 0 Å².